The number of hydrogen-bond acceptors (Lipinski definition) is 2. The van der Waals surface area contributed by atoms with E-state index in [9.17, 15) is 0 Å². The van der Waals surface area contributed by atoms with E-state index in [1.165, 1.54) is 24.9 Å². The summed E-state index contributed by atoms with van der Waals surface area (Å²) in [6, 6.07) is 4.91. The number of hydrogen-bond donors (Lipinski definition) is 0. The smallest absolute Gasteiger partial charge is 0.0372 e. The van der Waals surface area contributed by atoms with Crippen LogP contribution in [0.25, 0.3) is 0 Å². The highest BCUT2D eigenvalue weighted by molar-refractivity contribution is 5.18. The van der Waals surface area contributed by atoms with Gasteiger partial charge in [-0.1, -0.05) is 6.07 Å². The number of pyridine rings is 1. The van der Waals surface area contributed by atoms with E-state index in [1.807, 2.05) is 13.1 Å². The molecule has 2 rings (SSSR count). The normalized spacial score (nSPS) is 23.7. The average molecular weight is 176 g/mol. The lowest BCUT2D eigenvalue weighted by Crippen LogP contribution is -2.17. The fourth-order valence-electron chi connectivity index (χ4n) is 2.01. The lowest BCUT2D eigenvalue weighted by Gasteiger charge is -2.19. The molecule has 1 atom stereocenters. The predicted octanol–water partition coefficient (Wildman–Crippen LogP) is 2.16. The predicted molar refractivity (Wildman–Crippen MR) is 53.6 cm³/mol. The summed E-state index contributed by atoms with van der Waals surface area (Å²) in [6.07, 6.45) is 4.61. The first-order chi connectivity index (χ1) is 6.27. The van der Waals surface area contributed by atoms with Crippen LogP contribution >= 0.6 is 0 Å². The summed E-state index contributed by atoms with van der Waals surface area (Å²) >= 11 is 0. The maximum absolute atomic E-state index is 4.33. The van der Waals surface area contributed by atoms with Gasteiger partial charge in [0.25, 0.3) is 0 Å². The molecule has 0 N–H and O–H groups in total. The van der Waals surface area contributed by atoms with Crippen molar-refractivity contribution in [3.8, 4) is 0 Å². The molecule has 0 radical (unpaired) electrons. The first kappa shape index (κ1) is 8.70. The third kappa shape index (κ3) is 1.73. The van der Waals surface area contributed by atoms with E-state index >= 15 is 0 Å². The Kier molecular flexibility index (Phi) is 2.32. The molecule has 2 heteroatoms. The Morgan fingerprint density at radius 2 is 2.31 bits per heavy atom. The van der Waals surface area contributed by atoms with Crippen molar-refractivity contribution in [1.82, 2.24) is 9.88 Å². The summed E-state index contributed by atoms with van der Waals surface area (Å²) in [6.45, 7) is 3.25. The second-order valence-corrected chi connectivity index (χ2v) is 3.87. The van der Waals surface area contributed by atoms with Gasteiger partial charge in [-0.25, -0.2) is 0 Å². The highest BCUT2D eigenvalue weighted by Crippen LogP contribution is 2.29. The molecule has 1 aliphatic rings. The van der Waals surface area contributed by atoms with E-state index in [2.05, 4.69) is 29.1 Å². The Labute approximate surface area is 79.6 Å². The molecule has 0 aromatic carbocycles. The van der Waals surface area contributed by atoms with Gasteiger partial charge in [-0.3, -0.25) is 9.88 Å². The Morgan fingerprint density at radius 3 is 2.85 bits per heavy atom. The number of aromatic nitrogens is 1. The summed E-state index contributed by atoms with van der Waals surface area (Å²) in [5.41, 5.74) is 2.47. The van der Waals surface area contributed by atoms with Crippen LogP contribution in [0.3, 0.4) is 0 Å². The van der Waals surface area contributed by atoms with Crippen LogP contribution in [0, 0.1) is 6.92 Å². The summed E-state index contributed by atoms with van der Waals surface area (Å²) in [5.74, 6) is 0. The number of aryl methyl sites for hydroxylation is 1. The van der Waals surface area contributed by atoms with Crippen molar-refractivity contribution in [2.24, 2.45) is 0 Å². The van der Waals surface area contributed by atoms with E-state index in [4.69, 9.17) is 0 Å². The van der Waals surface area contributed by atoms with Gasteiger partial charge in [0.05, 0.1) is 0 Å². The fraction of sp³-hybridized carbons (Fsp3) is 0.545. The van der Waals surface area contributed by atoms with Gasteiger partial charge < -0.3 is 0 Å². The van der Waals surface area contributed by atoms with E-state index in [0.717, 1.165) is 5.69 Å². The second-order valence-electron chi connectivity index (χ2n) is 3.87. The van der Waals surface area contributed by atoms with Gasteiger partial charge in [0.15, 0.2) is 0 Å². The Hall–Kier alpha value is -0.890. The van der Waals surface area contributed by atoms with Gasteiger partial charge in [0, 0.05) is 17.9 Å². The molecule has 1 aliphatic heterocycles. The average Bonchev–Trinajstić information content (AvgIpc) is 2.53. The van der Waals surface area contributed by atoms with Crippen molar-refractivity contribution in [3.05, 3.63) is 29.6 Å². The van der Waals surface area contributed by atoms with Crippen molar-refractivity contribution in [2.75, 3.05) is 13.6 Å². The summed E-state index contributed by atoms with van der Waals surface area (Å²) in [7, 11) is 2.19. The van der Waals surface area contributed by atoms with Crippen LogP contribution in [-0.2, 0) is 0 Å². The minimum Gasteiger partial charge on any atom is -0.299 e. The van der Waals surface area contributed by atoms with Crippen LogP contribution in [0.2, 0.25) is 0 Å². The lowest BCUT2D eigenvalue weighted by atomic mass is 10.1. The molecular weight excluding hydrogens is 160 g/mol. The van der Waals surface area contributed by atoms with Gasteiger partial charge >= 0.3 is 0 Å². The zero-order valence-electron chi connectivity index (χ0n) is 8.33. The number of likely N-dealkylation sites (tertiary alicyclic amines) is 1. The molecule has 1 saturated heterocycles. The van der Waals surface area contributed by atoms with E-state index in [0.29, 0.717) is 6.04 Å². The van der Waals surface area contributed by atoms with Crippen LogP contribution in [0.5, 0.6) is 0 Å². The molecule has 0 spiro atoms. The molecule has 0 aliphatic carbocycles. The molecule has 2 heterocycles. The van der Waals surface area contributed by atoms with Crippen LogP contribution in [0.1, 0.15) is 30.1 Å². The monoisotopic (exact) mass is 176 g/mol. The lowest BCUT2D eigenvalue weighted by molar-refractivity contribution is 0.317. The van der Waals surface area contributed by atoms with Crippen LogP contribution in [0.15, 0.2) is 18.3 Å². The zero-order chi connectivity index (χ0) is 9.26. The maximum atomic E-state index is 4.33. The Bertz CT molecular complexity index is 279. The quantitative estimate of drug-likeness (QED) is 0.652. The van der Waals surface area contributed by atoms with Gasteiger partial charge in [-0.15, -0.1) is 0 Å². The molecule has 70 valence electrons. The maximum Gasteiger partial charge on any atom is 0.0372 e. The Morgan fingerprint density at radius 1 is 1.46 bits per heavy atom. The standard InChI is InChI=1S/C11H16N2/c1-9-5-6-10(8-12-9)11-4-3-7-13(11)2/h5-6,8,11H,3-4,7H2,1-2H3/t11-/m0/s1. The minimum absolute atomic E-state index is 0.605. The van der Waals surface area contributed by atoms with Crippen molar-refractivity contribution in [1.29, 1.82) is 0 Å². The number of rotatable bonds is 1. The van der Waals surface area contributed by atoms with Gasteiger partial charge in [0.1, 0.15) is 0 Å². The molecule has 2 nitrogen and oxygen atoms in total. The summed E-state index contributed by atoms with van der Waals surface area (Å²) in [4.78, 5) is 6.74. The van der Waals surface area contributed by atoms with Crippen LogP contribution in [0.4, 0.5) is 0 Å². The van der Waals surface area contributed by atoms with Crippen molar-refractivity contribution in [3.63, 3.8) is 0 Å². The first-order valence-corrected chi connectivity index (χ1v) is 4.90. The second kappa shape index (κ2) is 3.46. The molecule has 0 amide bonds. The molecule has 0 bridgehead atoms. The third-order valence-electron chi connectivity index (χ3n) is 2.84. The molecule has 0 unspecified atom stereocenters. The third-order valence-corrected chi connectivity index (χ3v) is 2.84. The highest BCUT2D eigenvalue weighted by Gasteiger charge is 2.22. The minimum atomic E-state index is 0.605. The van der Waals surface area contributed by atoms with Crippen molar-refractivity contribution < 1.29 is 0 Å². The zero-order valence-corrected chi connectivity index (χ0v) is 8.33. The molecule has 1 fully saturated rings. The van der Waals surface area contributed by atoms with E-state index < -0.39 is 0 Å². The first-order valence-electron chi connectivity index (χ1n) is 4.90. The largest absolute Gasteiger partial charge is 0.299 e. The fourth-order valence-corrected chi connectivity index (χ4v) is 2.01. The molecule has 0 saturated carbocycles. The van der Waals surface area contributed by atoms with Crippen molar-refractivity contribution in [2.45, 2.75) is 25.8 Å². The van der Waals surface area contributed by atoms with Crippen molar-refractivity contribution >= 4 is 0 Å². The van der Waals surface area contributed by atoms with Crippen LogP contribution in [-0.4, -0.2) is 23.5 Å². The van der Waals surface area contributed by atoms with Gasteiger partial charge in [-0.05, 0) is 45.0 Å². The molecule has 1 aromatic heterocycles. The molecule has 1 aromatic rings. The van der Waals surface area contributed by atoms with E-state index in [-0.39, 0.29) is 0 Å². The van der Waals surface area contributed by atoms with Crippen LogP contribution < -0.4 is 0 Å². The van der Waals surface area contributed by atoms with Gasteiger partial charge in [-0.2, -0.15) is 0 Å². The molecular formula is C11H16N2. The van der Waals surface area contributed by atoms with Gasteiger partial charge in [0.2, 0.25) is 0 Å². The summed E-state index contributed by atoms with van der Waals surface area (Å²) in [5, 5.41) is 0. The SMILES string of the molecule is Cc1ccc([C@@H]2CCCN2C)cn1. The van der Waals surface area contributed by atoms with E-state index in [1.54, 1.807) is 0 Å². The highest BCUT2D eigenvalue weighted by atomic mass is 15.1. The summed E-state index contributed by atoms with van der Waals surface area (Å²) < 4.78 is 0. The topological polar surface area (TPSA) is 16.1 Å². The Balaban J connectivity index is 2.20. The molecule has 13 heavy (non-hydrogen) atoms. The number of nitrogens with zero attached hydrogens (tertiary/aromatic N) is 2.